The maximum atomic E-state index is 13.0. The predicted molar refractivity (Wildman–Crippen MR) is 63.5 cm³/mol. The quantitative estimate of drug-likeness (QED) is 0.943. The minimum Gasteiger partial charge on any atom is -0.360 e. The molecule has 1 N–H and O–H groups in total. The first kappa shape index (κ1) is 12.8. The first-order chi connectivity index (χ1) is 8.38. The van der Waals surface area contributed by atoms with Gasteiger partial charge in [-0.2, -0.15) is 0 Å². The zero-order valence-corrected chi connectivity index (χ0v) is 10.7. The zero-order chi connectivity index (χ0) is 13.3. The van der Waals surface area contributed by atoms with Crippen LogP contribution in [0.5, 0.6) is 0 Å². The number of hydrogen-bond donors (Lipinski definition) is 1. The van der Waals surface area contributed by atoms with Crippen molar-refractivity contribution in [2.24, 2.45) is 0 Å². The molecule has 18 heavy (non-hydrogen) atoms. The summed E-state index contributed by atoms with van der Waals surface area (Å²) >= 11 is 5.72. The van der Waals surface area contributed by atoms with Gasteiger partial charge < -0.3 is 4.52 Å². The number of nitrogens with one attached hydrogen (secondary N) is 1. The van der Waals surface area contributed by atoms with Crippen molar-refractivity contribution in [2.75, 3.05) is 4.72 Å². The van der Waals surface area contributed by atoms with Gasteiger partial charge >= 0.3 is 0 Å². The number of nitrogens with zero attached hydrogens (tertiary/aromatic N) is 1. The molecule has 1 aromatic heterocycles. The highest BCUT2D eigenvalue weighted by Gasteiger charge is 2.20. The molecule has 1 heterocycles. The maximum absolute atomic E-state index is 13.0. The molecule has 5 nitrogen and oxygen atoms in total. The van der Waals surface area contributed by atoms with Gasteiger partial charge in [-0.05, 0) is 25.1 Å². The lowest BCUT2D eigenvalue weighted by atomic mass is 10.3. The van der Waals surface area contributed by atoms with E-state index in [1.165, 1.54) is 12.1 Å². The van der Waals surface area contributed by atoms with Crippen molar-refractivity contribution in [2.45, 2.75) is 11.8 Å². The fourth-order valence-electron chi connectivity index (χ4n) is 1.29. The first-order valence-electron chi connectivity index (χ1n) is 4.80. The largest absolute Gasteiger partial charge is 0.360 e. The Morgan fingerprint density at radius 2 is 2.11 bits per heavy atom. The first-order valence-corrected chi connectivity index (χ1v) is 6.66. The fourth-order valence-corrected chi connectivity index (χ4v) is 2.79. The molecule has 2 aromatic rings. The molecule has 0 saturated carbocycles. The molecule has 0 radical (unpaired) electrons. The Hall–Kier alpha value is -1.60. The molecule has 0 amide bonds. The van der Waals surface area contributed by atoms with Gasteiger partial charge in [0.1, 0.15) is 16.5 Å². The van der Waals surface area contributed by atoms with Crippen LogP contribution in [-0.2, 0) is 10.0 Å². The molecule has 0 spiro atoms. The summed E-state index contributed by atoms with van der Waals surface area (Å²) in [6.45, 7) is 1.61. The lowest BCUT2D eigenvalue weighted by Crippen LogP contribution is -2.13. The molecule has 96 valence electrons. The average molecular weight is 291 g/mol. The summed E-state index contributed by atoms with van der Waals surface area (Å²) in [5, 5.41) is 3.40. The van der Waals surface area contributed by atoms with Crippen molar-refractivity contribution in [1.29, 1.82) is 0 Å². The second-order valence-corrected chi connectivity index (χ2v) is 5.56. The van der Waals surface area contributed by atoms with Gasteiger partial charge in [0.2, 0.25) is 0 Å². The predicted octanol–water partition coefficient (Wildman–Crippen LogP) is 2.58. The third-order valence-electron chi connectivity index (χ3n) is 2.05. The van der Waals surface area contributed by atoms with E-state index in [-0.39, 0.29) is 15.7 Å². The molecule has 0 aliphatic carbocycles. The lowest BCUT2D eigenvalue weighted by Gasteiger charge is -2.06. The van der Waals surface area contributed by atoms with Gasteiger partial charge in [0.25, 0.3) is 10.0 Å². The zero-order valence-electron chi connectivity index (χ0n) is 9.15. The van der Waals surface area contributed by atoms with Gasteiger partial charge in [0, 0.05) is 6.07 Å². The smallest absolute Gasteiger partial charge is 0.264 e. The highest BCUT2D eigenvalue weighted by Crippen LogP contribution is 2.24. The number of aromatic nitrogens is 1. The lowest BCUT2D eigenvalue weighted by molar-refractivity contribution is 0.400. The van der Waals surface area contributed by atoms with Gasteiger partial charge in [0.15, 0.2) is 5.82 Å². The highest BCUT2D eigenvalue weighted by molar-refractivity contribution is 7.92. The van der Waals surface area contributed by atoms with Gasteiger partial charge in [-0.3, -0.25) is 4.72 Å². The van der Waals surface area contributed by atoms with E-state index < -0.39 is 15.8 Å². The Morgan fingerprint density at radius 1 is 1.39 bits per heavy atom. The second kappa shape index (κ2) is 4.58. The van der Waals surface area contributed by atoms with E-state index in [2.05, 4.69) is 9.88 Å². The number of benzene rings is 1. The highest BCUT2D eigenvalue weighted by atomic mass is 35.5. The van der Waals surface area contributed by atoms with Crippen LogP contribution < -0.4 is 4.72 Å². The Bertz CT molecular complexity index is 684. The van der Waals surface area contributed by atoms with Crippen molar-refractivity contribution in [3.05, 3.63) is 40.9 Å². The van der Waals surface area contributed by atoms with Crippen LogP contribution in [0, 0.1) is 12.7 Å². The van der Waals surface area contributed by atoms with Crippen LogP contribution >= 0.6 is 11.6 Å². The third kappa shape index (κ3) is 2.62. The Morgan fingerprint density at radius 3 is 2.72 bits per heavy atom. The molecule has 0 saturated heterocycles. The molecule has 0 fully saturated rings. The Kier molecular flexibility index (Phi) is 3.27. The normalized spacial score (nSPS) is 11.5. The topological polar surface area (TPSA) is 72.2 Å². The van der Waals surface area contributed by atoms with E-state index in [0.29, 0.717) is 5.76 Å². The van der Waals surface area contributed by atoms with Crippen molar-refractivity contribution < 1.29 is 17.3 Å². The van der Waals surface area contributed by atoms with E-state index in [1.807, 2.05) is 0 Å². The summed E-state index contributed by atoms with van der Waals surface area (Å²) in [4.78, 5) is -0.357. The van der Waals surface area contributed by atoms with Crippen LogP contribution in [0.3, 0.4) is 0 Å². The summed E-state index contributed by atoms with van der Waals surface area (Å²) in [5.74, 6) is -0.248. The van der Waals surface area contributed by atoms with Crippen molar-refractivity contribution in [1.82, 2.24) is 5.16 Å². The number of sulfonamides is 1. The van der Waals surface area contributed by atoms with E-state index >= 15 is 0 Å². The van der Waals surface area contributed by atoms with Gasteiger partial charge in [-0.25, -0.2) is 12.8 Å². The van der Waals surface area contributed by atoms with Gasteiger partial charge in [-0.15, -0.1) is 0 Å². The van der Waals surface area contributed by atoms with Gasteiger partial charge in [-0.1, -0.05) is 16.8 Å². The number of aryl methyl sites for hydroxylation is 1. The maximum Gasteiger partial charge on any atom is 0.264 e. The Labute approximate surface area is 108 Å². The number of anilines is 1. The van der Waals surface area contributed by atoms with Crippen molar-refractivity contribution in [3.63, 3.8) is 0 Å². The third-order valence-corrected chi connectivity index (χ3v) is 3.89. The van der Waals surface area contributed by atoms with Crippen LogP contribution in [0.2, 0.25) is 5.02 Å². The summed E-state index contributed by atoms with van der Waals surface area (Å²) in [7, 11) is -4.00. The molecular formula is C10H8ClFN2O3S. The standard InChI is InChI=1S/C10H8ClFN2O3S/c1-6-4-10(13-17-6)14-18(15,16)9-5-7(12)2-3-8(9)11/h2-5H,1H3,(H,13,14). The van der Waals surface area contributed by atoms with E-state index in [4.69, 9.17) is 16.1 Å². The van der Waals surface area contributed by atoms with Crippen LogP contribution in [0.1, 0.15) is 5.76 Å². The second-order valence-electron chi connectivity index (χ2n) is 3.50. The molecule has 0 aliphatic rings. The summed E-state index contributed by atoms with van der Waals surface area (Å²) in [5.41, 5.74) is 0. The minimum absolute atomic E-state index is 0.00725. The van der Waals surface area contributed by atoms with Crippen LogP contribution in [0.4, 0.5) is 10.2 Å². The summed E-state index contributed by atoms with van der Waals surface area (Å²) < 4.78 is 43.8. The Balaban J connectivity index is 2.39. The molecule has 0 unspecified atom stereocenters. The van der Waals surface area contributed by atoms with Crippen LogP contribution in [0.15, 0.2) is 33.7 Å². The summed E-state index contributed by atoms with van der Waals surface area (Å²) in [6, 6.07) is 4.46. The van der Waals surface area contributed by atoms with Crippen LogP contribution in [0.25, 0.3) is 0 Å². The van der Waals surface area contributed by atoms with Gasteiger partial charge in [0.05, 0.1) is 5.02 Å². The number of halogens is 2. The monoisotopic (exact) mass is 290 g/mol. The molecule has 2 rings (SSSR count). The minimum atomic E-state index is -4.00. The molecule has 8 heteroatoms. The number of hydrogen-bond acceptors (Lipinski definition) is 4. The molecular weight excluding hydrogens is 283 g/mol. The molecule has 0 bridgehead atoms. The molecule has 0 aliphatic heterocycles. The van der Waals surface area contributed by atoms with Crippen LogP contribution in [-0.4, -0.2) is 13.6 Å². The number of rotatable bonds is 3. The van der Waals surface area contributed by atoms with Crippen molar-refractivity contribution >= 4 is 27.4 Å². The van der Waals surface area contributed by atoms with E-state index in [1.54, 1.807) is 6.92 Å². The van der Waals surface area contributed by atoms with E-state index in [9.17, 15) is 12.8 Å². The fraction of sp³-hybridized carbons (Fsp3) is 0.100. The SMILES string of the molecule is Cc1cc(NS(=O)(=O)c2cc(F)ccc2Cl)no1. The average Bonchev–Trinajstić information content (AvgIpc) is 2.66. The summed E-state index contributed by atoms with van der Waals surface area (Å²) in [6.07, 6.45) is 0. The van der Waals surface area contributed by atoms with E-state index in [0.717, 1.165) is 12.1 Å². The molecule has 0 atom stereocenters. The van der Waals surface area contributed by atoms with Crippen molar-refractivity contribution in [3.8, 4) is 0 Å². The molecule has 1 aromatic carbocycles.